The van der Waals surface area contributed by atoms with Gasteiger partial charge in [-0.3, -0.25) is 5.84 Å². The summed E-state index contributed by atoms with van der Waals surface area (Å²) in [7, 11) is 1.61. The number of aromatic nitrogens is 1. The van der Waals surface area contributed by atoms with Gasteiger partial charge in [0.25, 0.3) is 0 Å². The maximum atomic E-state index is 5.72. The first kappa shape index (κ1) is 14.5. The minimum absolute atomic E-state index is 0.130. The van der Waals surface area contributed by atoms with Crippen molar-refractivity contribution in [3.05, 3.63) is 59.3 Å². The number of ether oxygens (including phenoxy) is 1. The number of nitrogens with one attached hydrogen (secondary N) is 1. The largest absolute Gasteiger partial charge is 0.481 e. The van der Waals surface area contributed by atoms with Gasteiger partial charge in [-0.05, 0) is 23.6 Å². The molecule has 0 spiro atoms. The molecule has 106 valence electrons. The van der Waals surface area contributed by atoms with Gasteiger partial charge >= 0.3 is 0 Å². The van der Waals surface area contributed by atoms with Gasteiger partial charge in [-0.25, -0.2) is 10.4 Å². The maximum absolute atomic E-state index is 5.72. The number of aryl methyl sites for hydroxylation is 1. The minimum Gasteiger partial charge on any atom is -0.481 e. The summed E-state index contributed by atoms with van der Waals surface area (Å²) < 4.78 is 5.31. The molecule has 0 aliphatic carbocycles. The lowest BCUT2D eigenvalue weighted by atomic mass is 9.98. The molecule has 1 aromatic heterocycles. The molecule has 0 saturated carbocycles. The van der Waals surface area contributed by atoms with Crippen LogP contribution in [0.1, 0.15) is 36.1 Å². The molecule has 0 bridgehead atoms. The first-order chi connectivity index (χ1) is 9.80. The molecule has 0 fully saturated rings. The zero-order valence-corrected chi connectivity index (χ0v) is 12.0. The molecular formula is C16H21N3O. The van der Waals surface area contributed by atoms with Crippen molar-refractivity contribution in [2.24, 2.45) is 5.84 Å². The van der Waals surface area contributed by atoms with Crippen LogP contribution in [0.25, 0.3) is 0 Å². The summed E-state index contributed by atoms with van der Waals surface area (Å²) in [6, 6.07) is 12.2. The number of benzene rings is 1. The molecule has 2 aromatic rings. The van der Waals surface area contributed by atoms with Crippen molar-refractivity contribution >= 4 is 0 Å². The minimum atomic E-state index is -0.130. The van der Waals surface area contributed by atoms with Crippen molar-refractivity contribution in [2.75, 3.05) is 7.11 Å². The van der Waals surface area contributed by atoms with E-state index in [4.69, 9.17) is 10.6 Å². The summed E-state index contributed by atoms with van der Waals surface area (Å²) in [5, 5.41) is 0. The van der Waals surface area contributed by atoms with E-state index in [0.29, 0.717) is 5.88 Å². The Morgan fingerprint density at radius 2 is 2.00 bits per heavy atom. The molecule has 1 aromatic carbocycles. The number of methoxy groups -OCH3 is 1. The molecule has 4 nitrogen and oxygen atoms in total. The molecule has 0 aliphatic heterocycles. The van der Waals surface area contributed by atoms with Crippen LogP contribution in [-0.4, -0.2) is 12.1 Å². The molecule has 0 radical (unpaired) electrons. The zero-order chi connectivity index (χ0) is 14.4. The van der Waals surface area contributed by atoms with Gasteiger partial charge in [0.1, 0.15) is 0 Å². The summed E-state index contributed by atoms with van der Waals surface area (Å²) in [6.07, 6.45) is 3.95. The van der Waals surface area contributed by atoms with E-state index in [1.807, 2.05) is 12.1 Å². The fourth-order valence-electron chi connectivity index (χ4n) is 2.32. The molecule has 0 aliphatic rings. The SMILES string of the molecule is CCCc1ccc(C(NN)c2cccnc2OC)cc1. The average Bonchev–Trinajstić information content (AvgIpc) is 2.50. The van der Waals surface area contributed by atoms with Crippen LogP contribution in [0.3, 0.4) is 0 Å². The Kier molecular flexibility index (Phi) is 5.09. The molecular weight excluding hydrogens is 250 g/mol. The Balaban J connectivity index is 2.31. The normalized spacial score (nSPS) is 12.2. The molecule has 3 N–H and O–H groups in total. The summed E-state index contributed by atoms with van der Waals surface area (Å²) in [5.74, 6) is 6.31. The van der Waals surface area contributed by atoms with Gasteiger partial charge in [0.05, 0.1) is 13.2 Å². The summed E-state index contributed by atoms with van der Waals surface area (Å²) in [5.41, 5.74) is 6.21. The van der Waals surface area contributed by atoms with Gasteiger partial charge < -0.3 is 4.74 Å². The van der Waals surface area contributed by atoms with E-state index in [2.05, 4.69) is 41.6 Å². The van der Waals surface area contributed by atoms with Crippen LogP contribution in [0.15, 0.2) is 42.6 Å². The first-order valence-electron chi connectivity index (χ1n) is 6.84. The van der Waals surface area contributed by atoms with E-state index in [0.717, 1.165) is 24.0 Å². The number of rotatable bonds is 6. The Labute approximate surface area is 120 Å². The van der Waals surface area contributed by atoms with Gasteiger partial charge in [-0.1, -0.05) is 43.7 Å². The van der Waals surface area contributed by atoms with Crippen LogP contribution >= 0.6 is 0 Å². The van der Waals surface area contributed by atoms with Crippen molar-refractivity contribution in [2.45, 2.75) is 25.8 Å². The van der Waals surface area contributed by atoms with E-state index in [-0.39, 0.29) is 6.04 Å². The molecule has 2 rings (SSSR count). The lowest BCUT2D eigenvalue weighted by Gasteiger charge is -2.19. The van der Waals surface area contributed by atoms with Gasteiger partial charge in [-0.15, -0.1) is 0 Å². The van der Waals surface area contributed by atoms with Crippen molar-refractivity contribution < 1.29 is 4.74 Å². The van der Waals surface area contributed by atoms with Gasteiger partial charge in [0.15, 0.2) is 0 Å². The summed E-state index contributed by atoms with van der Waals surface area (Å²) >= 11 is 0. The third-order valence-electron chi connectivity index (χ3n) is 3.32. The highest BCUT2D eigenvalue weighted by Crippen LogP contribution is 2.27. The standard InChI is InChI=1S/C16H21N3O/c1-3-5-12-7-9-13(10-8-12)15(19-17)14-6-4-11-18-16(14)20-2/h4,6-11,15,19H,3,5,17H2,1-2H3. The molecule has 1 heterocycles. The Morgan fingerprint density at radius 1 is 1.25 bits per heavy atom. The Bertz CT molecular complexity index is 540. The van der Waals surface area contributed by atoms with E-state index < -0.39 is 0 Å². The number of hydrogen-bond acceptors (Lipinski definition) is 4. The molecule has 0 amide bonds. The number of hydrogen-bond donors (Lipinski definition) is 2. The predicted molar refractivity (Wildman–Crippen MR) is 80.4 cm³/mol. The quantitative estimate of drug-likeness (QED) is 0.626. The highest BCUT2D eigenvalue weighted by atomic mass is 16.5. The molecule has 4 heteroatoms. The van der Waals surface area contributed by atoms with Crippen LogP contribution in [0.5, 0.6) is 5.88 Å². The fourth-order valence-corrected chi connectivity index (χ4v) is 2.32. The second kappa shape index (κ2) is 7.03. The molecule has 20 heavy (non-hydrogen) atoms. The van der Waals surface area contributed by atoms with Crippen LogP contribution in [0.2, 0.25) is 0 Å². The van der Waals surface area contributed by atoms with E-state index >= 15 is 0 Å². The van der Waals surface area contributed by atoms with Gasteiger partial charge in [-0.2, -0.15) is 0 Å². The lowest BCUT2D eigenvalue weighted by molar-refractivity contribution is 0.387. The fraction of sp³-hybridized carbons (Fsp3) is 0.312. The van der Waals surface area contributed by atoms with Crippen LogP contribution in [0.4, 0.5) is 0 Å². The van der Waals surface area contributed by atoms with Crippen LogP contribution in [0, 0.1) is 0 Å². The van der Waals surface area contributed by atoms with Gasteiger partial charge in [0, 0.05) is 11.8 Å². The number of nitrogens with two attached hydrogens (primary N) is 1. The number of hydrazine groups is 1. The number of pyridine rings is 1. The second-order valence-electron chi connectivity index (χ2n) is 4.69. The van der Waals surface area contributed by atoms with Crippen molar-refractivity contribution in [1.29, 1.82) is 0 Å². The smallest absolute Gasteiger partial charge is 0.218 e. The third-order valence-corrected chi connectivity index (χ3v) is 3.32. The second-order valence-corrected chi connectivity index (χ2v) is 4.69. The first-order valence-corrected chi connectivity index (χ1v) is 6.84. The van der Waals surface area contributed by atoms with Gasteiger partial charge in [0.2, 0.25) is 5.88 Å². The maximum Gasteiger partial charge on any atom is 0.218 e. The van der Waals surface area contributed by atoms with Crippen molar-refractivity contribution in [1.82, 2.24) is 10.4 Å². The number of nitrogens with zero attached hydrogens (tertiary/aromatic N) is 1. The molecule has 1 atom stereocenters. The third kappa shape index (κ3) is 3.15. The molecule has 0 saturated heterocycles. The summed E-state index contributed by atoms with van der Waals surface area (Å²) in [4.78, 5) is 4.22. The van der Waals surface area contributed by atoms with E-state index in [1.165, 1.54) is 5.56 Å². The van der Waals surface area contributed by atoms with Crippen molar-refractivity contribution in [3.63, 3.8) is 0 Å². The van der Waals surface area contributed by atoms with Crippen molar-refractivity contribution in [3.8, 4) is 5.88 Å². The Hall–Kier alpha value is -1.91. The molecule has 1 unspecified atom stereocenters. The lowest BCUT2D eigenvalue weighted by Crippen LogP contribution is -2.29. The van der Waals surface area contributed by atoms with E-state index in [9.17, 15) is 0 Å². The topological polar surface area (TPSA) is 60.2 Å². The zero-order valence-electron chi connectivity index (χ0n) is 12.0. The Morgan fingerprint density at radius 3 is 2.60 bits per heavy atom. The average molecular weight is 271 g/mol. The highest BCUT2D eigenvalue weighted by Gasteiger charge is 2.17. The monoisotopic (exact) mass is 271 g/mol. The van der Waals surface area contributed by atoms with Crippen LogP contribution < -0.4 is 16.0 Å². The highest BCUT2D eigenvalue weighted by molar-refractivity contribution is 5.38. The van der Waals surface area contributed by atoms with Crippen LogP contribution in [-0.2, 0) is 6.42 Å². The van der Waals surface area contributed by atoms with E-state index in [1.54, 1.807) is 13.3 Å². The predicted octanol–water partition coefficient (Wildman–Crippen LogP) is 2.60. The summed E-state index contributed by atoms with van der Waals surface area (Å²) in [6.45, 7) is 2.18.